The lowest BCUT2D eigenvalue weighted by Crippen LogP contribution is -2.39. The van der Waals surface area contributed by atoms with Crippen LogP contribution in [0.1, 0.15) is 49.7 Å². The van der Waals surface area contributed by atoms with E-state index in [0.717, 1.165) is 50.0 Å². The molecule has 0 radical (unpaired) electrons. The van der Waals surface area contributed by atoms with Gasteiger partial charge in [0.05, 0.1) is 18.8 Å². The molecule has 0 saturated carbocycles. The van der Waals surface area contributed by atoms with E-state index in [-0.39, 0.29) is 19.2 Å². The number of allylic oxidation sites excluding steroid dienone is 1. The van der Waals surface area contributed by atoms with Gasteiger partial charge in [-0.15, -0.1) is 0 Å². The van der Waals surface area contributed by atoms with Crippen molar-refractivity contribution in [2.24, 2.45) is 0 Å². The van der Waals surface area contributed by atoms with Crippen LogP contribution in [0.15, 0.2) is 72.8 Å². The average molecular weight is 585 g/mol. The molecule has 2 aromatic rings. The van der Waals surface area contributed by atoms with Gasteiger partial charge in [0.15, 0.2) is 6.29 Å². The third kappa shape index (κ3) is 12.6. The van der Waals surface area contributed by atoms with Crippen molar-refractivity contribution < 1.29 is 39.1 Å². The van der Waals surface area contributed by atoms with Crippen molar-refractivity contribution in [3.63, 3.8) is 0 Å². The number of ether oxygens (including phenoxy) is 3. The van der Waals surface area contributed by atoms with Crippen molar-refractivity contribution in [1.29, 1.82) is 0 Å². The third-order valence-corrected chi connectivity index (χ3v) is 6.90. The van der Waals surface area contributed by atoms with E-state index in [1.165, 1.54) is 4.90 Å². The van der Waals surface area contributed by atoms with Crippen LogP contribution < -0.4 is 0 Å². The Morgan fingerprint density at radius 2 is 1.33 bits per heavy atom. The second-order valence-corrected chi connectivity index (χ2v) is 10.3. The standard InChI is InChI=1S/C14H19NO4.C14H17NO2.C4H8O2/c16-12-7-4-8-15(9-13(12)17)14(18)19-10-11-5-2-1-3-6-11;16-14(15-10-6-1-2-7-11-15)17-12-13-8-4-3-5-9-13;5-4-2-1-3-6-4/h1-3,5-6,12-13,16-17H,4,7-10H2;1,3-6,8-9H,2,7,10-12H2;4-5H,1-3H2/t12-,13+;;/m1../s1. The van der Waals surface area contributed by atoms with Crippen LogP contribution in [-0.2, 0) is 27.4 Å². The second-order valence-electron chi connectivity index (χ2n) is 10.3. The number of carbonyl (C=O) groups excluding carboxylic acids is 2. The normalized spacial score (nSPS) is 21.9. The molecule has 2 aromatic carbocycles. The fourth-order valence-electron chi connectivity index (χ4n) is 4.45. The number of hydrogen-bond donors (Lipinski definition) is 3. The maximum absolute atomic E-state index is 11.9. The number of nitrogens with zero attached hydrogens (tertiary/aromatic N) is 2. The SMILES string of the molecule is O=C(OCc1ccccc1)N1CC=CCCC1.O=C(OCc1ccccc1)N1CCC[C@@H](O)[C@@H](O)C1.OC1CCCO1. The fraction of sp³-hybridized carbons (Fsp3) is 0.500. The predicted molar refractivity (Wildman–Crippen MR) is 157 cm³/mol. The van der Waals surface area contributed by atoms with Crippen LogP contribution in [0.4, 0.5) is 9.59 Å². The van der Waals surface area contributed by atoms with Gasteiger partial charge in [0, 0.05) is 32.7 Å². The molecule has 10 nitrogen and oxygen atoms in total. The Kier molecular flexibility index (Phi) is 14.9. The summed E-state index contributed by atoms with van der Waals surface area (Å²) < 4.78 is 15.2. The number of carbonyl (C=O) groups is 2. The number of benzene rings is 2. The molecule has 2 amide bonds. The van der Waals surface area contributed by atoms with Crippen LogP contribution in [0.2, 0.25) is 0 Å². The van der Waals surface area contributed by atoms with Gasteiger partial charge in [-0.05, 0) is 43.2 Å². The summed E-state index contributed by atoms with van der Waals surface area (Å²) in [6, 6.07) is 19.2. The van der Waals surface area contributed by atoms with Gasteiger partial charge in [0.2, 0.25) is 0 Å². The zero-order chi connectivity index (χ0) is 30.0. The molecule has 1 unspecified atom stereocenters. The van der Waals surface area contributed by atoms with Crippen molar-refractivity contribution in [3.8, 4) is 0 Å². The molecule has 2 saturated heterocycles. The Hall–Kier alpha value is -3.44. The van der Waals surface area contributed by atoms with E-state index in [9.17, 15) is 19.8 Å². The lowest BCUT2D eigenvalue weighted by atomic mass is 10.1. The Morgan fingerprint density at radius 3 is 1.88 bits per heavy atom. The quantitative estimate of drug-likeness (QED) is 0.456. The Bertz CT molecular complexity index is 1060. The first-order chi connectivity index (χ1) is 20.4. The zero-order valence-electron chi connectivity index (χ0n) is 24.1. The Morgan fingerprint density at radius 1 is 0.738 bits per heavy atom. The number of likely N-dealkylation sites (tertiary alicyclic amines) is 1. The van der Waals surface area contributed by atoms with Crippen molar-refractivity contribution >= 4 is 12.2 Å². The molecule has 3 aliphatic rings. The Balaban J connectivity index is 0.000000193. The first kappa shape index (κ1) is 33.1. The molecular weight excluding hydrogens is 540 g/mol. The lowest BCUT2D eigenvalue weighted by Gasteiger charge is -2.22. The highest BCUT2D eigenvalue weighted by molar-refractivity contribution is 5.68. The summed E-state index contributed by atoms with van der Waals surface area (Å²) in [4.78, 5) is 26.9. The van der Waals surface area contributed by atoms with Crippen LogP contribution in [0.3, 0.4) is 0 Å². The highest BCUT2D eigenvalue weighted by atomic mass is 16.6. The number of β-amino-alcohol motifs (C(OH)–C–C–N with tert-alkyl or cyclic N) is 1. The maximum atomic E-state index is 11.9. The molecule has 5 rings (SSSR count). The minimum Gasteiger partial charge on any atom is -0.445 e. The summed E-state index contributed by atoms with van der Waals surface area (Å²) in [5, 5.41) is 27.7. The Labute approximate surface area is 248 Å². The first-order valence-corrected chi connectivity index (χ1v) is 14.6. The van der Waals surface area contributed by atoms with Crippen molar-refractivity contribution in [2.75, 3.05) is 32.8 Å². The number of amides is 2. The highest BCUT2D eigenvalue weighted by Crippen LogP contribution is 2.13. The zero-order valence-corrected chi connectivity index (χ0v) is 24.1. The molecule has 0 aromatic heterocycles. The van der Waals surface area contributed by atoms with Gasteiger partial charge >= 0.3 is 12.2 Å². The van der Waals surface area contributed by atoms with E-state index in [0.29, 0.717) is 32.5 Å². The maximum Gasteiger partial charge on any atom is 0.410 e. The van der Waals surface area contributed by atoms with Crippen LogP contribution in [0.5, 0.6) is 0 Å². The predicted octanol–water partition coefficient (Wildman–Crippen LogP) is 4.23. The van der Waals surface area contributed by atoms with Crippen LogP contribution in [-0.4, -0.2) is 88.6 Å². The number of aliphatic hydroxyl groups excluding tert-OH is 3. The molecule has 42 heavy (non-hydrogen) atoms. The van der Waals surface area contributed by atoms with Crippen molar-refractivity contribution in [1.82, 2.24) is 9.80 Å². The van der Waals surface area contributed by atoms with E-state index in [2.05, 4.69) is 6.08 Å². The lowest BCUT2D eigenvalue weighted by molar-refractivity contribution is -0.0589. The second kappa shape index (κ2) is 18.9. The summed E-state index contributed by atoms with van der Waals surface area (Å²) in [6.45, 7) is 3.36. The smallest absolute Gasteiger partial charge is 0.410 e. The van der Waals surface area contributed by atoms with Crippen LogP contribution in [0.25, 0.3) is 0 Å². The average Bonchev–Trinajstić information content (AvgIpc) is 3.24. The van der Waals surface area contributed by atoms with Gasteiger partial charge in [-0.3, -0.25) is 0 Å². The topological polar surface area (TPSA) is 129 Å². The molecular formula is C32H44N2O8. The molecule has 0 spiro atoms. The summed E-state index contributed by atoms with van der Waals surface area (Å²) in [7, 11) is 0. The molecule has 230 valence electrons. The summed E-state index contributed by atoms with van der Waals surface area (Å²) in [5.41, 5.74) is 1.94. The van der Waals surface area contributed by atoms with Gasteiger partial charge < -0.3 is 39.3 Å². The van der Waals surface area contributed by atoms with Gasteiger partial charge in [0.1, 0.15) is 13.2 Å². The molecule has 3 aliphatic heterocycles. The van der Waals surface area contributed by atoms with Crippen molar-refractivity contribution in [2.45, 2.75) is 70.2 Å². The van der Waals surface area contributed by atoms with Gasteiger partial charge in [-0.2, -0.15) is 0 Å². The monoisotopic (exact) mass is 584 g/mol. The minimum absolute atomic E-state index is 0.120. The molecule has 10 heteroatoms. The van der Waals surface area contributed by atoms with Gasteiger partial charge in [0.25, 0.3) is 0 Å². The van der Waals surface area contributed by atoms with Crippen LogP contribution >= 0.6 is 0 Å². The molecule has 0 bridgehead atoms. The van der Waals surface area contributed by atoms with E-state index in [1.807, 2.05) is 66.7 Å². The first-order valence-electron chi connectivity index (χ1n) is 14.6. The molecule has 2 fully saturated rings. The number of aliphatic hydroxyl groups is 3. The van der Waals surface area contributed by atoms with E-state index < -0.39 is 24.6 Å². The summed E-state index contributed by atoms with van der Waals surface area (Å²) >= 11 is 0. The van der Waals surface area contributed by atoms with Gasteiger partial charge in [-0.1, -0.05) is 72.8 Å². The van der Waals surface area contributed by atoms with Crippen LogP contribution in [0, 0.1) is 0 Å². The molecule has 3 atom stereocenters. The third-order valence-electron chi connectivity index (χ3n) is 6.90. The number of hydrogen-bond acceptors (Lipinski definition) is 8. The van der Waals surface area contributed by atoms with E-state index in [1.54, 1.807) is 4.90 Å². The largest absolute Gasteiger partial charge is 0.445 e. The summed E-state index contributed by atoms with van der Waals surface area (Å²) in [6.07, 6.45) is 6.42. The van der Waals surface area contributed by atoms with Crippen molar-refractivity contribution in [3.05, 3.63) is 83.9 Å². The van der Waals surface area contributed by atoms with E-state index in [4.69, 9.17) is 19.3 Å². The minimum atomic E-state index is -0.897. The molecule has 0 aliphatic carbocycles. The molecule has 3 heterocycles. The number of rotatable bonds is 4. The van der Waals surface area contributed by atoms with Gasteiger partial charge in [-0.25, -0.2) is 9.59 Å². The highest BCUT2D eigenvalue weighted by Gasteiger charge is 2.27. The fourth-order valence-corrected chi connectivity index (χ4v) is 4.45. The molecule has 3 N–H and O–H groups in total. The summed E-state index contributed by atoms with van der Waals surface area (Å²) in [5.74, 6) is 0. The van der Waals surface area contributed by atoms with E-state index >= 15 is 0 Å².